The Kier molecular flexibility index (Phi) is 7.04. The van der Waals surface area contributed by atoms with Gasteiger partial charge in [-0.1, -0.05) is 6.92 Å². The Morgan fingerprint density at radius 2 is 2.18 bits per heavy atom. The van der Waals surface area contributed by atoms with Crippen molar-refractivity contribution in [2.75, 3.05) is 46.5 Å². The fourth-order valence-electron chi connectivity index (χ4n) is 2.60. The highest BCUT2D eigenvalue weighted by atomic mass is 16.5. The Morgan fingerprint density at radius 1 is 1.35 bits per heavy atom. The van der Waals surface area contributed by atoms with E-state index in [1.807, 2.05) is 0 Å². The molecule has 1 aliphatic heterocycles. The Balaban J connectivity index is 2.43. The maximum Gasteiger partial charge on any atom is 0.0613 e. The van der Waals surface area contributed by atoms with Crippen molar-refractivity contribution in [1.82, 2.24) is 10.2 Å². The van der Waals surface area contributed by atoms with Crippen molar-refractivity contribution in [3.8, 4) is 0 Å². The van der Waals surface area contributed by atoms with Gasteiger partial charge < -0.3 is 20.1 Å². The van der Waals surface area contributed by atoms with Gasteiger partial charge in [0, 0.05) is 19.2 Å². The van der Waals surface area contributed by atoms with Gasteiger partial charge in [-0.05, 0) is 45.3 Å². The summed E-state index contributed by atoms with van der Waals surface area (Å²) in [6.45, 7) is 7.43. The minimum Gasteiger partial charge on any atom is -0.394 e. The smallest absolute Gasteiger partial charge is 0.0613 e. The molecule has 0 radical (unpaired) electrons. The first-order chi connectivity index (χ1) is 8.26. The summed E-state index contributed by atoms with van der Waals surface area (Å²) in [6, 6.07) is 0. The normalized spacial score (nSPS) is 27.0. The van der Waals surface area contributed by atoms with E-state index in [9.17, 15) is 5.11 Å². The molecule has 1 atom stereocenters. The van der Waals surface area contributed by atoms with Crippen molar-refractivity contribution in [1.29, 1.82) is 0 Å². The van der Waals surface area contributed by atoms with Crippen molar-refractivity contribution < 1.29 is 9.84 Å². The maximum atomic E-state index is 9.66. The van der Waals surface area contributed by atoms with Gasteiger partial charge in [0.1, 0.15) is 0 Å². The number of aliphatic hydroxyl groups excluding tert-OH is 1. The maximum absolute atomic E-state index is 9.66. The van der Waals surface area contributed by atoms with E-state index in [4.69, 9.17) is 4.74 Å². The van der Waals surface area contributed by atoms with E-state index in [0.717, 1.165) is 25.9 Å². The first kappa shape index (κ1) is 14.9. The van der Waals surface area contributed by atoms with E-state index in [1.165, 1.54) is 25.9 Å². The first-order valence-electron chi connectivity index (χ1n) is 6.83. The van der Waals surface area contributed by atoms with Crippen LogP contribution in [0.3, 0.4) is 0 Å². The molecule has 0 bridgehead atoms. The van der Waals surface area contributed by atoms with Crippen LogP contribution in [0, 0.1) is 0 Å². The number of hydrogen-bond acceptors (Lipinski definition) is 4. The lowest BCUT2D eigenvalue weighted by Gasteiger charge is -2.32. The van der Waals surface area contributed by atoms with Crippen LogP contribution in [0.25, 0.3) is 0 Å². The van der Waals surface area contributed by atoms with E-state index >= 15 is 0 Å². The summed E-state index contributed by atoms with van der Waals surface area (Å²) in [5.74, 6) is 0. The Labute approximate surface area is 105 Å². The quantitative estimate of drug-likeness (QED) is 0.652. The Morgan fingerprint density at radius 3 is 2.82 bits per heavy atom. The zero-order chi connectivity index (χ0) is 12.6. The second kappa shape index (κ2) is 8.03. The highest BCUT2D eigenvalue weighted by Gasteiger charge is 2.31. The van der Waals surface area contributed by atoms with Gasteiger partial charge in [-0.3, -0.25) is 0 Å². The molecule has 1 rings (SSSR count). The molecule has 2 N–H and O–H groups in total. The highest BCUT2D eigenvalue weighted by molar-refractivity contribution is 4.90. The number of ether oxygens (including phenoxy) is 1. The SMILES string of the molecule is CCCN1CCCC(CO)(NCCOC)CC1. The van der Waals surface area contributed by atoms with Gasteiger partial charge in [0.25, 0.3) is 0 Å². The average molecular weight is 244 g/mol. The third-order valence-electron chi connectivity index (χ3n) is 3.68. The minimum atomic E-state index is -0.0823. The number of nitrogens with one attached hydrogen (secondary N) is 1. The zero-order valence-electron chi connectivity index (χ0n) is 11.4. The van der Waals surface area contributed by atoms with Crippen molar-refractivity contribution >= 4 is 0 Å². The van der Waals surface area contributed by atoms with Gasteiger partial charge in [-0.25, -0.2) is 0 Å². The molecule has 4 heteroatoms. The van der Waals surface area contributed by atoms with E-state index in [1.54, 1.807) is 7.11 Å². The zero-order valence-corrected chi connectivity index (χ0v) is 11.4. The van der Waals surface area contributed by atoms with Gasteiger partial charge in [0.15, 0.2) is 0 Å². The topological polar surface area (TPSA) is 44.7 Å². The number of likely N-dealkylation sites (tertiary alicyclic amines) is 1. The second-order valence-corrected chi connectivity index (χ2v) is 5.05. The van der Waals surface area contributed by atoms with E-state index < -0.39 is 0 Å². The molecule has 0 spiro atoms. The standard InChI is InChI=1S/C13H28N2O2/c1-3-8-15-9-4-5-13(12-16,6-10-15)14-7-11-17-2/h14,16H,3-12H2,1-2H3. The van der Waals surface area contributed by atoms with Gasteiger partial charge in [0.2, 0.25) is 0 Å². The predicted molar refractivity (Wildman–Crippen MR) is 70.3 cm³/mol. The average Bonchev–Trinajstić information content (AvgIpc) is 2.54. The van der Waals surface area contributed by atoms with Gasteiger partial charge >= 0.3 is 0 Å². The largest absolute Gasteiger partial charge is 0.394 e. The number of rotatable bonds is 7. The van der Waals surface area contributed by atoms with Crippen LogP contribution in [0.5, 0.6) is 0 Å². The van der Waals surface area contributed by atoms with Crippen molar-refractivity contribution in [2.45, 2.75) is 38.1 Å². The molecule has 1 saturated heterocycles. The molecule has 0 aromatic carbocycles. The minimum absolute atomic E-state index is 0.0823. The molecule has 0 amide bonds. The number of hydrogen-bond donors (Lipinski definition) is 2. The fraction of sp³-hybridized carbons (Fsp3) is 1.00. The van der Waals surface area contributed by atoms with Crippen LogP contribution in [-0.2, 0) is 4.74 Å². The van der Waals surface area contributed by atoms with Crippen LogP contribution in [0.15, 0.2) is 0 Å². The molecule has 0 aromatic rings. The molecule has 0 saturated carbocycles. The molecule has 102 valence electrons. The van der Waals surface area contributed by atoms with Gasteiger partial charge in [-0.2, -0.15) is 0 Å². The lowest BCUT2D eigenvalue weighted by molar-refractivity contribution is 0.125. The van der Waals surface area contributed by atoms with Crippen LogP contribution < -0.4 is 5.32 Å². The van der Waals surface area contributed by atoms with Crippen LogP contribution in [0.2, 0.25) is 0 Å². The van der Waals surface area contributed by atoms with Crippen LogP contribution >= 0.6 is 0 Å². The van der Waals surface area contributed by atoms with Crippen molar-refractivity contribution in [3.05, 3.63) is 0 Å². The fourth-order valence-corrected chi connectivity index (χ4v) is 2.60. The van der Waals surface area contributed by atoms with Crippen LogP contribution in [0.1, 0.15) is 32.6 Å². The molecular formula is C13H28N2O2. The molecule has 1 fully saturated rings. The molecule has 0 aromatic heterocycles. The Bertz CT molecular complexity index is 202. The molecular weight excluding hydrogens is 216 g/mol. The lowest BCUT2D eigenvalue weighted by Crippen LogP contribution is -2.50. The van der Waals surface area contributed by atoms with Crippen LogP contribution in [0.4, 0.5) is 0 Å². The predicted octanol–water partition coefficient (Wildman–Crippen LogP) is 0.849. The first-order valence-corrected chi connectivity index (χ1v) is 6.83. The third-order valence-corrected chi connectivity index (χ3v) is 3.68. The molecule has 1 heterocycles. The molecule has 17 heavy (non-hydrogen) atoms. The summed E-state index contributed by atoms with van der Waals surface area (Å²) < 4.78 is 5.06. The second-order valence-electron chi connectivity index (χ2n) is 5.05. The van der Waals surface area contributed by atoms with Gasteiger partial charge in [0.05, 0.1) is 13.2 Å². The summed E-state index contributed by atoms with van der Waals surface area (Å²) in [5, 5.41) is 13.1. The van der Waals surface area contributed by atoms with Crippen molar-refractivity contribution in [3.63, 3.8) is 0 Å². The summed E-state index contributed by atoms with van der Waals surface area (Å²) in [6.07, 6.45) is 4.48. The monoisotopic (exact) mass is 244 g/mol. The van der Waals surface area contributed by atoms with E-state index in [-0.39, 0.29) is 12.1 Å². The van der Waals surface area contributed by atoms with E-state index in [0.29, 0.717) is 6.61 Å². The third kappa shape index (κ3) is 4.92. The molecule has 4 nitrogen and oxygen atoms in total. The summed E-state index contributed by atoms with van der Waals surface area (Å²) in [4.78, 5) is 2.51. The lowest BCUT2D eigenvalue weighted by atomic mass is 9.91. The summed E-state index contributed by atoms with van der Waals surface area (Å²) in [5.41, 5.74) is -0.0823. The van der Waals surface area contributed by atoms with Crippen molar-refractivity contribution in [2.24, 2.45) is 0 Å². The summed E-state index contributed by atoms with van der Waals surface area (Å²) >= 11 is 0. The van der Waals surface area contributed by atoms with E-state index in [2.05, 4.69) is 17.1 Å². The van der Waals surface area contributed by atoms with Crippen LogP contribution in [-0.4, -0.2) is 62.0 Å². The summed E-state index contributed by atoms with van der Waals surface area (Å²) in [7, 11) is 1.71. The molecule has 1 unspecified atom stereocenters. The number of nitrogens with zero attached hydrogens (tertiary/aromatic N) is 1. The van der Waals surface area contributed by atoms with Gasteiger partial charge in [-0.15, -0.1) is 0 Å². The molecule has 1 aliphatic rings. The Hall–Kier alpha value is -0.160. The number of methoxy groups -OCH3 is 1. The number of aliphatic hydroxyl groups is 1. The highest BCUT2D eigenvalue weighted by Crippen LogP contribution is 2.22. The molecule has 0 aliphatic carbocycles.